The van der Waals surface area contributed by atoms with Crippen molar-refractivity contribution in [1.82, 2.24) is 5.32 Å². The van der Waals surface area contributed by atoms with E-state index in [0.29, 0.717) is 12.0 Å². The van der Waals surface area contributed by atoms with Gasteiger partial charge in [0.05, 0.1) is 6.04 Å². The normalized spacial score (nSPS) is 32.5. The van der Waals surface area contributed by atoms with E-state index in [1.165, 1.54) is 9.75 Å². The van der Waals surface area contributed by atoms with E-state index in [-0.39, 0.29) is 0 Å². The van der Waals surface area contributed by atoms with Crippen molar-refractivity contribution in [2.45, 2.75) is 19.9 Å². The van der Waals surface area contributed by atoms with Crippen LogP contribution in [-0.2, 0) is 10.8 Å². The van der Waals surface area contributed by atoms with Crippen LogP contribution in [0.1, 0.15) is 22.7 Å². The number of rotatable bonds is 1. The molecule has 3 unspecified atom stereocenters. The summed E-state index contributed by atoms with van der Waals surface area (Å²) in [5.41, 5.74) is 0. The van der Waals surface area contributed by atoms with Gasteiger partial charge in [0, 0.05) is 32.1 Å². The largest absolute Gasteiger partial charge is 0.308 e. The maximum Gasteiger partial charge on any atom is 0.0531 e. The van der Waals surface area contributed by atoms with E-state index in [1.807, 2.05) is 11.3 Å². The van der Waals surface area contributed by atoms with Crippen LogP contribution in [0.4, 0.5) is 0 Å². The molecule has 3 atom stereocenters. The number of aryl methyl sites for hydroxylation is 1. The summed E-state index contributed by atoms with van der Waals surface area (Å²) < 4.78 is 11.8. The van der Waals surface area contributed by atoms with Crippen LogP contribution in [-0.4, -0.2) is 22.3 Å². The van der Waals surface area contributed by atoms with Crippen molar-refractivity contribution in [3.05, 3.63) is 21.9 Å². The average molecular weight is 243 g/mol. The maximum absolute atomic E-state index is 11.8. The first-order chi connectivity index (χ1) is 7.15. The standard InChI is InChI=1S/C11H17NOS2/c1-8-5-12-10(7-15(13)6-8)11-4-3-9(2)14-11/h3-4,8,10,12H,5-7H2,1-2H3. The van der Waals surface area contributed by atoms with E-state index in [4.69, 9.17) is 0 Å². The second-order valence-corrected chi connectivity index (χ2v) is 7.15. The van der Waals surface area contributed by atoms with Gasteiger partial charge in [-0.1, -0.05) is 6.92 Å². The molecule has 84 valence electrons. The summed E-state index contributed by atoms with van der Waals surface area (Å²) in [5, 5.41) is 3.51. The van der Waals surface area contributed by atoms with E-state index in [1.54, 1.807) is 0 Å². The summed E-state index contributed by atoms with van der Waals surface area (Å²) in [4.78, 5) is 2.66. The number of hydrogen-bond acceptors (Lipinski definition) is 3. The van der Waals surface area contributed by atoms with Crippen LogP contribution in [0.3, 0.4) is 0 Å². The van der Waals surface area contributed by atoms with Crippen LogP contribution < -0.4 is 5.32 Å². The minimum absolute atomic E-state index is 0.300. The second-order valence-electron chi connectivity index (χ2n) is 4.29. The highest BCUT2D eigenvalue weighted by atomic mass is 32.2. The van der Waals surface area contributed by atoms with Gasteiger partial charge in [-0.05, 0) is 31.5 Å². The number of hydrogen-bond donors (Lipinski definition) is 1. The van der Waals surface area contributed by atoms with E-state index < -0.39 is 10.8 Å². The SMILES string of the molecule is Cc1ccc(C2CS(=O)CC(C)CN2)s1. The molecule has 0 aromatic carbocycles. The lowest BCUT2D eigenvalue weighted by atomic mass is 10.2. The Hall–Kier alpha value is -0.190. The van der Waals surface area contributed by atoms with Crippen molar-refractivity contribution >= 4 is 22.1 Å². The van der Waals surface area contributed by atoms with Gasteiger partial charge in [0.1, 0.15) is 0 Å². The van der Waals surface area contributed by atoms with Crippen LogP contribution in [0.15, 0.2) is 12.1 Å². The lowest BCUT2D eigenvalue weighted by Crippen LogP contribution is -2.25. The van der Waals surface area contributed by atoms with E-state index in [0.717, 1.165) is 18.1 Å². The van der Waals surface area contributed by atoms with E-state index >= 15 is 0 Å². The van der Waals surface area contributed by atoms with Gasteiger partial charge in [0.2, 0.25) is 0 Å². The van der Waals surface area contributed by atoms with Crippen molar-refractivity contribution < 1.29 is 4.21 Å². The minimum atomic E-state index is -0.665. The molecule has 15 heavy (non-hydrogen) atoms. The molecular weight excluding hydrogens is 226 g/mol. The van der Waals surface area contributed by atoms with Crippen LogP contribution in [0.5, 0.6) is 0 Å². The Morgan fingerprint density at radius 1 is 1.47 bits per heavy atom. The molecule has 2 heterocycles. The van der Waals surface area contributed by atoms with E-state index in [9.17, 15) is 4.21 Å². The van der Waals surface area contributed by atoms with Gasteiger partial charge in [-0.15, -0.1) is 11.3 Å². The van der Waals surface area contributed by atoms with Gasteiger partial charge >= 0.3 is 0 Å². The molecule has 2 rings (SSSR count). The predicted molar refractivity (Wildman–Crippen MR) is 66.8 cm³/mol. The van der Waals surface area contributed by atoms with Gasteiger partial charge in [-0.25, -0.2) is 0 Å². The summed E-state index contributed by atoms with van der Waals surface area (Å²) in [6.07, 6.45) is 0. The zero-order chi connectivity index (χ0) is 10.8. The first-order valence-corrected chi connectivity index (χ1v) is 7.60. The highest BCUT2D eigenvalue weighted by Gasteiger charge is 2.22. The fraction of sp³-hybridized carbons (Fsp3) is 0.636. The molecule has 1 N–H and O–H groups in total. The Bertz CT molecular complexity index is 361. The van der Waals surface area contributed by atoms with Gasteiger partial charge in [-0.3, -0.25) is 4.21 Å². The number of thiophene rings is 1. The fourth-order valence-corrected chi connectivity index (χ4v) is 4.47. The smallest absolute Gasteiger partial charge is 0.0531 e. The third-order valence-electron chi connectivity index (χ3n) is 2.64. The molecule has 1 fully saturated rings. The third kappa shape index (κ3) is 2.89. The van der Waals surface area contributed by atoms with Crippen LogP contribution in [0, 0.1) is 12.8 Å². The van der Waals surface area contributed by atoms with Crippen LogP contribution in [0.2, 0.25) is 0 Å². The van der Waals surface area contributed by atoms with Crippen molar-refractivity contribution in [3.8, 4) is 0 Å². The van der Waals surface area contributed by atoms with Gasteiger partial charge in [0.25, 0.3) is 0 Å². The molecule has 0 aliphatic carbocycles. The Labute approximate surface area is 97.5 Å². The van der Waals surface area contributed by atoms with E-state index in [2.05, 4.69) is 31.3 Å². The van der Waals surface area contributed by atoms with Crippen molar-refractivity contribution in [2.75, 3.05) is 18.1 Å². The van der Waals surface area contributed by atoms with Crippen LogP contribution in [0.25, 0.3) is 0 Å². The molecular formula is C11H17NOS2. The maximum atomic E-state index is 11.8. The zero-order valence-corrected chi connectivity index (χ0v) is 10.8. The zero-order valence-electron chi connectivity index (χ0n) is 9.16. The van der Waals surface area contributed by atoms with Gasteiger partial charge in [0.15, 0.2) is 0 Å². The molecule has 1 aliphatic rings. The first-order valence-electron chi connectivity index (χ1n) is 5.30. The molecule has 2 nitrogen and oxygen atoms in total. The Morgan fingerprint density at radius 3 is 2.93 bits per heavy atom. The lowest BCUT2D eigenvalue weighted by molar-refractivity contribution is 0.522. The van der Waals surface area contributed by atoms with Gasteiger partial charge < -0.3 is 5.32 Å². The molecule has 0 radical (unpaired) electrons. The van der Waals surface area contributed by atoms with Crippen molar-refractivity contribution in [1.29, 1.82) is 0 Å². The molecule has 1 saturated heterocycles. The summed E-state index contributed by atoms with van der Waals surface area (Å²) in [5.74, 6) is 2.13. The molecule has 1 aromatic heterocycles. The number of nitrogens with one attached hydrogen (secondary N) is 1. The Morgan fingerprint density at radius 2 is 2.27 bits per heavy atom. The first kappa shape index (κ1) is 11.3. The highest BCUT2D eigenvalue weighted by molar-refractivity contribution is 7.85. The predicted octanol–water partition coefficient (Wildman–Crippen LogP) is 2.09. The Balaban J connectivity index is 2.12. The summed E-state index contributed by atoms with van der Waals surface area (Å²) in [6, 6.07) is 4.60. The molecule has 4 heteroatoms. The molecule has 0 amide bonds. The second kappa shape index (κ2) is 4.76. The highest BCUT2D eigenvalue weighted by Crippen LogP contribution is 2.25. The van der Waals surface area contributed by atoms with Crippen molar-refractivity contribution in [2.24, 2.45) is 5.92 Å². The quantitative estimate of drug-likeness (QED) is 0.818. The average Bonchev–Trinajstić information content (AvgIpc) is 2.51. The Kier molecular flexibility index (Phi) is 3.59. The topological polar surface area (TPSA) is 29.1 Å². The summed E-state index contributed by atoms with van der Waals surface area (Å²) in [7, 11) is -0.665. The van der Waals surface area contributed by atoms with Gasteiger partial charge in [-0.2, -0.15) is 0 Å². The molecule has 1 aliphatic heterocycles. The summed E-state index contributed by atoms with van der Waals surface area (Å²) in [6.45, 7) is 5.25. The molecule has 0 bridgehead atoms. The van der Waals surface area contributed by atoms with Crippen molar-refractivity contribution in [3.63, 3.8) is 0 Å². The van der Waals surface area contributed by atoms with Crippen LogP contribution >= 0.6 is 11.3 Å². The molecule has 0 spiro atoms. The monoisotopic (exact) mass is 243 g/mol. The molecule has 1 aromatic rings. The third-order valence-corrected chi connectivity index (χ3v) is 5.40. The fourth-order valence-electron chi connectivity index (χ4n) is 1.86. The molecule has 0 saturated carbocycles. The summed E-state index contributed by atoms with van der Waals surface area (Å²) >= 11 is 1.81. The minimum Gasteiger partial charge on any atom is -0.308 e. The lowest BCUT2D eigenvalue weighted by Gasteiger charge is -2.13.